The lowest BCUT2D eigenvalue weighted by molar-refractivity contribution is 0.310. The number of aromatic nitrogens is 2. The summed E-state index contributed by atoms with van der Waals surface area (Å²) in [5.41, 5.74) is 0.277. The molecule has 1 aromatic heterocycles. The summed E-state index contributed by atoms with van der Waals surface area (Å²) >= 11 is 0. The number of aromatic amines is 2. The molecule has 0 spiro atoms. The molecule has 0 saturated heterocycles. The van der Waals surface area contributed by atoms with E-state index in [9.17, 15) is 9.59 Å². The van der Waals surface area contributed by atoms with Crippen molar-refractivity contribution in [1.82, 2.24) is 10.2 Å². The third-order valence-electron chi connectivity index (χ3n) is 3.02. The highest BCUT2D eigenvalue weighted by Gasteiger charge is 2.09. The molecule has 3 rings (SSSR count). The molecule has 0 unspecified atom stereocenters. The first-order valence-corrected chi connectivity index (χ1v) is 6.16. The molecule has 3 aromatic rings. The fourth-order valence-electron chi connectivity index (χ4n) is 2.05. The minimum atomic E-state index is -0.372. The summed E-state index contributed by atoms with van der Waals surface area (Å²) in [5.74, 6) is 0.402. The van der Waals surface area contributed by atoms with E-state index in [0.29, 0.717) is 17.7 Å². The maximum atomic E-state index is 11.9. The van der Waals surface area contributed by atoms with Gasteiger partial charge in [0, 0.05) is 0 Å². The Morgan fingerprint density at radius 3 is 2.40 bits per heavy atom. The lowest BCUT2D eigenvalue weighted by Crippen LogP contribution is -2.19. The van der Waals surface area contributed by atoms with Crippen molar-refractivity contribution in [3.05, 3.63) is 74.8 Å². The second-order valence-corrected chi connectivity index (χ2v) is 4.36. The molecule has 2 aromatic carbocycles. The lowest BCUT2D eigenvalue weighted by Gasteiger charge is -2.08. The van der Waals surface area contributed by atoms with E-state index in [2.05, 4.69) is 10.2 Å². The monoisotopic (exact) mass is 268 g/mol. The van der Waals surface area contributed by atoms with Gasteiger partial charge in [0.05, 0.1) is 10.8 Å². The Balaban J connectivity index is 2.02. The average Bonchev–Trinajstić information content (AvgIpc) is 2.50. The van der Waals surface area contributed by atoms with Gasteiger partial charge in [-0.05, 0) is 17.7 Å². The van der Waals surface area contributed by atoms with Gasteiger partial charge in [-0.3, -0.25) is 19.8 Å². The molecule has 0 aliphatic rings. The number of hydrogen-bond donors (Lipinski definition) is 2. The Morgan fingerprint density at radius 1 is 0.850 bits per heavy atom. The first kappa shape index (κ1) is 12.2. The smallest absolute Gasteiger partial charge is 0.274 e. The van der Waals surface area contributed by atoms with E-state index in [1.165, 1.54) is 0 Å². The first-order valence-electron chi connectivity index (χ1n) is 6.16. The largest absolute Gasteiger partial charge is 0.488 e. The number of benzene rings is 2. The van der Waals surface area contributed by atoms with Crippen molar-refractivity contribution in [2.45, 2.75) is 6.61 Å². The molecule has 0 fully saturated rings. The topological polar surface area (TPSA) is 75.0 Å². The van der Waals surface area contributed by atoms with Gasteiger partial charge < -0.3 is 4.74 Å². The zero-order chi connectivity index (χ0) is 13.9. The van der Waals surface area contributed by atoms with Crippen molar-refractivity contribution in [1.29, 1.82) is 0 Å². The van der Waals surface area contributed by atoms with Crippen LogP contribution in [0.25, 0.3) is 10.8 Å². The van der Waals surface area contributed by atoms with Gasteiger partial charge in [-0.1, -0.05) is 36.4 Å². The third kappa shape index (κ3) is 2.21. The van der Waals surface area contributed by atoms with E-state index in [-0.39, 0.29) is 16.5 Å². The molecule has 5 nitrogen and oxygen atoms in total. The molecule has 100 valence electrons. The Kier molecular flexibility index (Phi) is 3.09. The summed E-state index contributed by atoms with van der Waals surface area (Å²) in [4.78, 5) is 23.5. The minimum Gasteiger partial charge on any atom is -0.488 e. The highest BCUT2D eigenvalue weighted by atomic mass is 16.5. The van der Waals surface area contributed by atoms with Crippen molar-refractivity contribution in [3.63, 3.8) is 0 Å². The van der Waals surface area contributed by atoms with Crippen molar-refractivity contribution in [3.8, 4) is 5.75 Å². The highest BCUT2D eigenvalue weighted by molar-refractivity contribution is 5.86. The van der Waals surface area contributed by atoms with Gasteiger partial charge in [-0.2, -0.15) is 0 Å². The van der Waals surface area contributed by atoms with Crippen LogP contribution in [0.5, 0.6) is 5.75 Å². The van der Waals surface area contributed by atoms with Gasteiger partial charge >= 0.3 is 0 Å². The minimum absolute atomic E-state index is 0.271. The number of fused-ring (bicyclic) bond motifs is 1. The van der Waals surface area contributed by atoms with Crippen molar-refractivity contribution in [2.24, 2.45) is 0 Å². The van der Waals surface area contributed by atoms with Crippen LogP contribution < -0.4 is 15.9 Å². The molecule has 0 aliphatic carbocycles. The second-order valence-electron chi connectivity index (χ2n) is 4.36. The summed E-state index contributed by atoms with van der Waals surface area (Å²) in [7, 11) is 0. The van der Waals surface area contributed by atoms with Gasteiger partial charge in [-0.25, -0.2) is 0 Å². The molecular formula is C15H12N2O3. The molecule has 2 N–H and O–H groups in total. The first-order chi connectivity index (χ1) is 9.75. The van der Waals surface area contributed by atoms with Gasteiger partial charge in [0.25, 0.3) is 11.1 Å². The van der Waals surface area contributed by atoms with Gasteiger partial charge in [0.1, 0.15) is 12.4 Å². The average molecular weight is 268 g/mol. The van der Waals surface area contributed by atoms with Crippen LogP contribution in [0.2, 0.25) is 0 Å². The second kappa shape index (κ2) is 5.05. The lowest BCUT2D eigenvalue weighted by atomic mass is 10.2. The predicted octanol–water partition coefficient (Wildman–Crippen LogP) is 1.80. The fraction of sp³-hybridized carbons (Fsp3) is 0.0667. The van der Waals surface area contributed by atoms with Crippen LogP contribution in [0.3, 0.4) is 0 Å². The van der Waals surface area contributed by atoms with E-state index in [1.54, 1.807) is 18.2 Å². The SMILES string of the molecule is O=c1[nH][nH]c(=O)c2c(OCc3ccccc3)cccc12. The van der Waals surface area contributed by atoms with Crippen LogP contribution in [0.4, 0.5) is 0 Å². The van der Waals surface area contributed by atoms with Gasteiger partial charge in [-0.15, -0.1) is 0 Å². The van der Waals surface area contributed by atoms with Crippen molar-refractivity contribution < 1.29 is 4.74 Å². The van der Waals surface area contributed by atoms with E-state index in [1.807, 2.05) is 30.3 Å². The van der Waals surface area contributed by atoms with E-state index < -0.39 is 0 Å². The summed E-state index contributed by atoms with van der Waals surface area (Å²) < 4.78 is 5.67. The Bertz CT molecular complexity index is 850. The highest BCUT2D eigenvalue weighted by Crippen LogP contribution is 2.20. The van der Waals surface area contributed by atoms with Crippen LogP contribution in [0, 0.1) is 0 Å². The van der Waals surface area contributed by atoms with Crippen molar-refractivity contribution >= 4 is 10.8 Å². The molecule has 20 heavy (non-hydrogen) atoms. The van der Waals surface area contributed by atoms with Crippen LogP contribution in [-0.4, -0.2) is 10.2 Å². The van der Waals surface area contributed by atoms with Crippen molar-refractivity contribution in [2.75, 3.05) is 0 Å². The Morgan fingerprint density at radius 2 is 1.60 bits per heavy atom. The van der Waals surface area contributed by atoms with E-state index >= 15 is 0 Å². The molecule has 0 saturated carbocycles. The summed E-state index contributed by atoms with van der Waals surface area (Å²) in [6, 6.07) is 14.6. The number of ether oxygens (including phenoxy) is 1. The molecular weight excluding hydrogens is 256 g/mol. The number of nitrogens with one attached hydrogen (secondary N) is 2. The summed E-state index contributed by atoms with van der Waals surface area (Å²) in [5, 5.41) is 5.19. The number of H-pyrrole nitrogens is 2. The molecule has 0 atom stereocenters. The molecule has 1 heterocycles. The molecule has 5 heteroatoms. The molecule has 0 radical (unpaired) electrons. The van der Waals surface area contributed by atoms with Gasteiger partial charge in [0.15, 0.2) is 0 Å². The summed E-state index contributed by atoms with van der Waals surface area (Å²) in [6.45, 7) is 0.339. The maximum absolute atomic E-state index is 11.9. The predicted molar refractivity (Wildman–Crippen MR) is 76.0 cm³/mol. The normalized spacial score (nSPS) is 10.6. The molecule has 0 amide bonds. The van der Waals surface area contributed by atoms with Crippen LogP contribution >= 0.6 is 0 Å². The quantitative estimate of drug-likeness (QED) is 0.760. The van der Waals surface area contributed by atoms with Crippen LogP contribution in [-0.2, 0) is 6.61 Å². The fourth-order valence-corrected chi connectivity index (χ4v) is 2.05. The summed E-state index contributed by atoms with van der Waals surface area (Å²) in [6.07, 6.45) is 0. The standard InChI is InChI=1S/C15H12N2O3/c18-14-11-7-4-8-12(13(11)15(19)17-16-14)20-9-10-5-2-1-3-6-10/h1-8H,9H2,(H,16,18)(H,17,19). The Hall–Kier alpha value is -2.82. The Labute approximate surface area is 113 Å². The molecule has 0 bridgehead atoms. The van der Waals surface area contributed by atoms with Gasteiger partial charge in [0.2, 0.25) is 0 Å². The maximum Gasteiger partial charge on any atom is 0.274 e. The van der Waals surface area contributed by atoms with Crippen LogP contribution in [0.15, 0.2) is 58.1 Å². The number of hydrogen-bond acceptors (Lipinski definition) is 3. The van der Waals surface area contributed by atoms with Crippen LogP contribution in [0.1, 0.15) is 5.56 Å². The zero-order valence-corrected chi connectivity index (χ0v) is 10.6. The zero-order valence-electron chi connectivity index (χ0n) is 10.6. The molecule has 0 aliphatic heterocycles. The third-order valence-corrected chi connectivity index (χ3v) is 3.02. The number of rotatable bonds is 3. The van der Waals surface area contributed by atoms with E-state index in [0.717, 1.165) is 5.56 Å². The van der Waals surface area contributed by atoms with E-state index in [4.69, 9.17) is 4.74 Å².